The number of carbonyl (C=O) groups is 1. The third-order valence-corrected chi connectivity index (χ3v) is 1.25. The summed E-state index contributed by atoms with van der Waals surface area (Å²) >= 11 is 3.78. The van der Waals surface area contributed by atoms with Crippen LogP contribution in [0.25, 0.3) is 0 Å². The Labute approximate surface area is 63.3 Å². The molecule has 54 valence electrons. The summed E-state index contributed by atoms with van der Waals surface area (Å²) in [4.78, 5) is 10.1. The Morgan fingerprint density at radius 2 is 2.60 bits per heavy atom. The first-order valence-corrected chi connectivity index (χ1v) is 3.01. The molecule has 0 N–H and O–H groups in total. The van der Waals surface area contributed by atoms with Gasteiger partial charge in [-0.05, 0) is 6.92 Å². The number of carbonyl (C=O) groups excluding carboxylic acids is 1. The molecule has 0 atom stereocenters. The van der Waals surface area contributed by atoms with E-state index >= 15 is 0 Å². The Morgan fingerprint density at radius 3 is 3.00 bits per heavy atom. The van der Waals surface area contributed by atoms with E-state index in [9.17, 15) is 4.79 Å². The Bertz CT molecular complexity index is 235. The number of thiol groups is 1. The summed E-state index contributed by atoms with van der Waals surface area (Å²) in [6.45, 7) is 1.74. The van der Waals surface area contributed by atoms with E-state index in [-0.39, 0.29) is 0 Å². The van der Waals surface area contributed by atoms with Crippen molar-refractivity contribution in [3.8, 4) is 0 Å². The highest BCUT2D eigenvalue weighted by Gasteiger charge is 2.04. The molecule has 4 nitrogen and oxygen atoms in total. The van der Waals surface area contributed by atoms with E-state index in [0.29, 0.717) is 18.0 Å². The molecule has 0 saturated heterocycles. The fourth-order valence-electron chi connectivity index (χ4n) is 0.515. The van der Waals surface area contributed by atoms with Crippen LogP contribution in [0.3, 0.4) is 0 Å². The van der Waals surface area contributed by atoms with Gasteiger partial charge in [0.05, 0.1) is 0 Å². The number of aryl methyl sites for hydroxylation is 1. The number of amides is 1. The molecule has 1 amide bonds. The van der Waals surface area contributed by atoms with Gasteiger partial charge in [0, 0.05) is 6.07 Å². The molecule has 0 fully saturated rings. The van der Waals surface area contributed by atoms with Crippen molar-refractivity contribution in [3.63, 3.8) is 0 Å². The van der Waals surface area contributed by atoms with Crippen LogP contribution < -0.4 is 4.31 Å². The molecule has 1 heterocycles. The maximum Gasteiger partial charge on any atom is 0.225 e. The zero-order valence-corrected chi connectivity index (χ0v) is 6.21. The van der Waals surface area contributed by atoms with Crippen molar-refractivity contribution in [3.05, 3.63) is 11.8 Å². The molecule has 0 aliphatic carbocycles. The fourth-order valence-corrected chi connectivity index (χ4v) is 0.609. The standard InChI is InChI=1S/C5H6N2O2S/c1-4-2-5(6-9-4)7(10)3-8/h2-3,10H,1H3. The summed E-state index contributed by atoms with van der Waals surface area (Å²) in [5.74, 6) is 1.05. The van der Waals surface area contributed by atoms with Crippen LogP contribution in [0.1, 0.15) is 5.76 Å². The Kier molecular flexibility index (Phi) is 1.96. The van der Waals surface area contributed by atoms with Crippen LogP contribution >= 0.6 is 12.8 Å². The molecule has 0 saturated carbocycles. The van der Waals surface area contributed by atoms with Gasteiger partial charge in [-0.3, -0.25) is 4.79 Å². The Morgan fingerprint density at radius 1 is 1.90 bits per heavy atom. The highest BCUT2D eigenvalue weighted by molar-refractivity contribution is 7.82. The lowest BCUT2D eigenvalue weighted by Gasteiger charge is -1.99. The normalized spacial score (nSPS) is 9.40. The Hall–Kier alpha value is -0.970. The van der Waals surface area contributed by atoms with Crippen LogP contribution in [0, 0.1) is 6.92 Å². The van der Waals surface area contributed by atoms with Crippen LogP contribution in [0.2, 0.25) is 0 Å². The predicted molar refractivity (Wildman–Crippen MR) is 38.8 cm³/mol. The minimum atomic E-state index is 0.399. The maximum atomic E-state index is 10.1. The van der Waals surface area contributed by atoms with Crippen molar-refractivity contribution in [1.29, 1.82) is 0 Å². The van der Waals surface area contributed by atoms with E-state index in [2.05, 4.69) is 22.5 Å². The van der Waals surface area contributed by atoms with E-state index in [1.54, 1.807) is 13.0 Å². The molecule has 1 rings (SSSR count). The van der Waals surface area contributed by atoms with Gasteiger partial charge in [-0.1, -0.05) is 18.0 Å². The minimum Gasteiger partial charge on any atom is -0.360 e. The van der Waals surface area contributed by atoms with Crippen molar-refractivity contribution >= 4 is 25.0 Å². The smallest absolute Gasteiger partial charge is 0.225 e. The summed E-state index contributed by atoms with van der Waals surface area (Å²) in [7, 11) is 0. The number of anilines is 1. The summed E-state index contributed by atoms with van der Waals surface area (Å²) in [5, 5.41) is 3.53. The van der Waals surface area contributed by atoms with Crippen molar-refractivity contribution in [2.45, 2.75) is 6.92 Å². The number of rotatable bonds is 2. The van der Waals surface area contributed by atoms with Gasteiger partial charge in [0.2, 0.25) is 6.41 Å². The summed E-state index contributed by atoms with van der Waals surface area (Å²) in [6, 6.07) is 1.61. The average molecular weight is 158 g/mol. The molecule has 0 aliphatic rings. The molecule has 0 bridgehead atoms. The van der Waals surface area contributed by atoms with Crippen LogP contribution in [0.15, 0.2) is 10.6 Å². The molecular formula is C5H6N2O2S. The number of hydrogen-bond acceptors (Lipinski definition) is 4. The quantitative estimate of drug-likeness (QED) is 0.511. The van der Waals surface area contributed by atoms with E-state index in [4.69, 9.17) is 0 Å². The largest absolute Gasteiger partial charge is 0.360 e. The molecule has 0 aromatic carbocycles. The van der Waals surface area contributed by atoms with E-state index in [1.807, 2.05) is 0 Å². The molecule has 0 radical (unpaired) electrons. The predicted octanol–water partition coefficient (Wildman–Crippen LogP) is 0.791. The van der Waals surface area contributed by atoms with E-state index in [0.717, 1.165) is 4.31 Å². The third kappa shape index (κ3) is 1.30. The van der Waals surface area contributed by atoms with Crippen molar-refractivity contribution < 1.29 is 9.32 Å². The first kappa shape index (κ1) is 7.14. The molecule has 5 heteroatoms. The summed E-state index contributed by atoms with van der Waals surface area (Å²) in [6.07, 6.45) is 0.542. The lowest BCUT2D eigenvalue weighted by molar-refractivity contribution is -0.106. The molecule has 10 heavy (non-hydrogen) atoms. The molecule has 1 aromatic rings. The lowest BCUT2D eigenvalue weighted by Crippen LogP contribution is -2.05. The van der Waals surface area contributed by atoms with Gasteiger partial charge in [-0.2, -0.15) is 0 Å². The van der Waals surface area contributed by atoms with Crippen LogP contribution in [0.4, 0.5) is 5.82 Å². The molecule has 0 spiro atoms. The first-order chi connectivity index (χ1) is 4.74. The molecule has 0 unspecified atom stereocenters. The number of hydrogen-bond donors (Lipinski definition) is 1. The van der Waals surface area contributed by atoms with Crippen LogP contribution in [0.5, 0.6) is 0 Å². The van der Waals surface area contributed by atoms with Crippen molar-refractivity contribution in [2.75, 3.05) is 4.31 Å². The second kappa shape index (κ2) is 2.74. The zero-order chi connectivity index (χ0) is 7.56. The molecular weight excluding hydrogens is 152 g/mol. The monoisotopic (exact) mass is 158 g/mol. The Balaban J connectivity index is 2.84. The molecule has 0 aliphatic heterocycles. The molecule has 1 aromatic heterocycles. The van der Waals surface area contributed by atoms with Gasteiger partial charge in [0.15, 0.2) is 5.82 Å². The minimum absolute atomic E-state index is 0.399. The third-order valence-electron chi connectivity index (χ3n) is 0.950. The summed E-state index contributed by atoms with van der Waals surface area (Å²) < 4.78 is 5.73. The van der Waals surface area contributed by atoms with Crippen molar-refractivity contribution in [1.82, 2.24) is 5.16 Å². The fraction of sp³-hybridized carbons (Fsp3) is 0.200. The topological polar surface area (TPSA) is 46.3 Å². The highest BCUT2D eigenvalue weighted by atomic mass is 32.1. The van der Waals surface area contributed by atoms with Gasteiger partial charge in [-0.15, -0.1) is 0 Å². The van der Waals surface area contributed by atoms with E-state index < -0.39 is 0 Å². The van der Waals surface area contributed by atoms with Gasteiger partial charge in [0.1, 0.15) is 5.76 Å². The maximum absolute atomic E-state index is 10.1. The second-order valence-corrected chi connectivity index (χ2v) is 2.18. The number of nitrogens with zero attached hydrogens (tertiary/aromatic N) is 2. The average Bonchev–Trinajstić information content (AvgIpc) is 2.34. The second-order valence-electron chi connectivity index (χ2n) is 1.75. The van der Waals surface area contributed by atoms with Gasteiger partial charge in [-0.25, -0.2) is 4.31 Å². The van der Waals surface area contributed by atoms with Gasteiger partial charge in [0.25, 0.3) is 0 Å². The first-order valence-electron chi connectivity index (χ1n) is 2.61. The zero-order valence-electron chi connectivity index (χ0n) is 5.31. The summed E-state index contributed by atoms with van der Waals surface area (Å²) in [5.41, 5.74) is 0. The lowest BCUT2D eigenvalue weighted by atomic mass is 10.5. The van der Waals surface area contributed by atoms with Crippen LogP contribution in [-0.4, -0.2) is 11.6 Å². The van der Waals surface area contributed by atoms with Crippen LogP contribution in [-0.2, 0) is 4.79 Å². The SMILES string of the molecule is Cc1cc(N(S)C=O)no1. The van der Waals surface area contributed by atoms with E-state index in [1.165, 1.54) is 0 Å². The van der Waals surface area contributed by atoms with Gasteiger partial charge < -0.3 is 4.52 Å². The van der Waals surface area contributed by atoms with Gasteiger partial charge >= 0.3 is 0 Å². The highest BCUT2D eigenvalue weighted by Crippen LogP contribution is 2.12. The van der Waals surface area contributed by atoms with Crippen molar-refractivity contribution in [2.24, 2.45) is 0 Å². The number of aromatic nitrogens is 1.